The van der Waals surface area contributed by atoms with Crippen LogP contribution in [0.15, 0.2) is 99.8 Å². The molecule has 0 saturated heterocycles. The average molecular weight is 978 g/mol. The molecule has 0 fully saturated rings. The van der Waals surface area contributed by atoms with Gasteiger partial charge in [-0.1, -0.05) is 55.0 Å². The van der Waals surface area contributed by atoms with Crippen molar-refractivity contribution in [1.82, 2.24) is 9.97 Å². The molecule has 0 bridgehead atoms. The molecule has 0 saturated carbocycles. The van der Waals surface area contributed by atoms with Gasteiger partial charge in [0.2, 0.25) is 0 Å². The molecule has 316 valence electrons. The van der Waals surface area contributed by atoms with Crippen LogP contribution in [-0.2, 0) is 41.7 Å². The molecule has 0 amide bonds. The molecule has 59 heavy (non-hydrogen) atoms. The first-order chi connectivity index (χ1) is 27.6. The van der Waals surface area contributed by atoms with Gasteiger partial charge in [-0.25, -0.2) is 27.2 Å². The Morgan fingerprint density at radius 1 is 0.797 bits per heavy atom. The molecule has 5 aromatic rings. The number of thiazole rings is 2. The van der Waals surface area contributed by atoms with Crippen molar-refractivity contribution >= 4 is 78.3 Å². The van der Waals surface area contributed by atoms with E-state index in [-0.39, 0.29) is 47.2 Å². The number of aromatic nitrogens is 2. The van der Waals surface area contributed by atoms with Crippen molar-refractivity contribution in [1.29, 1.82) is 0 Å². The molecule has 0 aliphatic heterocycles. The van der Waals surface area contributed by atoms with Crippen LogP contribution in [-0.4, -0.2) is 53.1 Å². The largest absolute Gasteiger partial charge is 0.460 e. The van der Waals surface area contributed by atoms with Gasteiger partial charge in [-0.3, -0.25) is 14.6 Å². The summed E-state index contributed by atoms with van der Waals surface area (Å²) >= 11 is 5.14. The highest BCUT2D eigenvalue weighted by Crippen LogP contribution is 2.30. The molecule has 0 N–H and O–H groups in total. The van der Waals surface area contributed by atoms with E-state index >= 15 is 0 Å². The van der Waals surface area contributed by atoms with E-state index in [1.165, 1.54) is 46.9 Å². The highest BCUT2D eigenvalue weighted by atomic mass is 127. The molecule has 0 radical (unpaired) electrons. The van der Waals surface area contributed by atoms with E-state index in [4.69, 9.17) is 9.47 Å². The Labute approximate surface area is 368 Å². The number of ether oxygens (including phenoxy) is 2. The summed E-state index contributed by atoms with van der Waals surface area (Å²) < 4.78 is 62.9. The quantitative estimate of drug-likeness (QED) is 0.0728. The van der Waals surface area contributed by atoms with Gasteiger partial charge in [0, 0.05) is 5.71 Å². The molecule has 2 aromatic heterocycles. The normalized spacial score (nSPS) is 12.1. The van der Waals surface area contributed by atoms with Gasteiger partial charge in [0.15, 0.2) is 9.84 Å². The van der Waals surface area contributed by atoms with Crippen LogP contribution >= 0.6 is 45.3 Å². The van der Waals surface area contributed by atoms with Crippen molar-refractivity contribution in [3.05, 3.63) is 137 Å². The molecule has 5 rings (SSSR count). The van der Waals surface area contributed by atoms with E-state index in [1.54, 1.807) is 53.5 Å². The monoisotopic (exact) mass is 977 g/mol. The lowest BCUT2D eigenvalue weighted by molar-refractivity contribution is -0.155. The van der Waals surface area contributed by atoms with E-state index in [1.807, 2.05) is 74.5 Å². The van der Waals surface area contributed by atoms with Crippen molar-refractivity contribution in [2.45, 2.75) is 97.7 Å². The number of aryl methyl sites for hydroxylation is 1. The Morgan fingerprint density at radius 3 is 1.80 bits per heavy atom. The first-order valence-corrected chi connectivity index (χ1v) is 23.0. The molecule has 0 spiro atoms. The smallest absolute Gasteiger partial charge is 0.312 e. The Hall–Kier alpha value is -4.19. The minimum absolute atomic E-state index is 0.1000. The highest BCUT2D eigenvalue weighted by molar-refractivity contribution is 14.1. The van der Waals surface area contributed by atoms with E-state index < -0.39 is 21.0 Å². The first kappa shape index (κ1) is 49.2. The number of benzene rings is 3. The van der Waals surface area contributed by atoms with Crippen LogP contribution in [0, 0.1) is 21.4 Å². The van der Waals surface area contributed by atoms with E-state index in [2.05, 4.69) is 37.6 Å². The van der Waals surface area contributed by atoms with Crippen LogP contribution in [0.3, 0.4) is 0 Å². The molecular weight excluding hydrogens is 928 g/mol. The van der Waals surface area contributed by atoms with Crippen molar-refractivity contribution < 1.29 is 36.3 Å². The topological polar surface area (TPSA) is 125 Å². The summed E-state index contributed by atoms with van der Waals surface area (Å²) in [5.41, 5.74) is 7.77. The SMILES string of the molecule is CC(C)(C)OC(=O)Cc1ncsc1I.CC=C(c1cccc(F)c1)c1scnc1CC(=O)OC(C)(C)C.CCC(=NCS(=O)(=O)c1ccc(C)cc1)c1cccc(F)c1. The standard InChI is InChI=1S/C18H20FNO2S.C17H18FNO2S.C9H12INO2S/c1-5-14(12-7-6-8-13(19)9-12)17-15(20-11-23-17)10-16(21)22-18(2,3)4;1-3-17(14-5-4-6-15(18)11-14)19-12-22(20,21)16-9-7-13(2)8-10-16;1-9(2,3)13-7(12)4-6-8(10)14-5-11-6/h5-9,11H,10H2,1-4H3;4-11H,3,12H2,1-2H3;5H,4H2,1-3H3. The number of aliphatic imine (C=N–C) groups is 1. The number of hydrogen-bond donors (Lipinski definition) is 0. The van der Waals surface area contributed by atoms with Crippen molar-refractivity contribution in [2.24, 2.45) is 4.99 Å². The molecule has 0 aliphatic rings. The van der Waals surface area contributed by atoms with Gasteiger partial charge in [0.25, 0.3) is 0 Å². The lowest BCUT2D eigenvalue weighted by Gasteiger charge is -2.19. The van der Waals surface area contributed by atoms with Crippen molar-refractivity contribution in [3.63, 3.8) is 0 Å². The number of carbonyl (C=O) groups is 2. The molecule has 0 unspecified atom stereocenters. The molecular formula is C44H50F2IN3O6S3. The zero-order chi connectivity index (χ0) is 44.0. The number of esters is 2. The Bertz CT molecular complexity index is 2340. The summed E-state index contributed by atoms with van der Waals surface area (Å²) in [6, 6.07) is 19.1. The van der Waals surface area contributed by atoms with Crippen LogP contribution in [0.5, 0.6) is 0 Å². The summed E-state index contributed by atoms with van der Waals surface area (Å²) in [6.45, 7) is 16.7. The average Bonchev–Trinajstić information content (AvgIpc) is 3.76. The molecule has 0 atom stereocenters. The van der Waals surface area contributed by atoms with E-state index in [0.29, 0.717) is 23.4 Å². The summed E-state index contributed by atoms with van der Waals surface area (Å²) in [6.07, 6.45) is 2.80. The fraction of sp³-hybridized carbons (Fsp3) is 0.341. The fourth-order valence-electron chi connectivity index (χ4n) is 5.16. The number of allylic oxidation sites excluding steroid dienone is 1. The van der Waals surface area contributed by atoms with Gasteiger partial charge < -0.3 is 9.47 Å². The number of carbonyl (C=O) groups excluding carboxylic acids is 2. The molecule has 3 aromatic carbocycles. The van der Waals surface area contributed by atoms with Crippen molar-refractivity contribution in [2.75, 3.05) is 5.88 Å². The first-order valence-electron chi connectivity index (χ1n) is 18.6. The Balaban J connectivity index is 0.000000244. The third-order valence-electron chi connectivity index (χ3n) is 7.66. The summed E-state index contributed by atoms with van der Waals surface area (Å²) in [5.74, 6) is -1.53. The van der Waals surface area contributed by atoms with Crippen LogP contribution < -0.4 is 0 Å². The van der Waals surface area contributed by atoms with Gasteiger partial charge in [0.05, 0.1) is 47.9 Å². The second kappa shape index (κ2) is 22.4. The predicted molar refractivity (Wildman–Crippen MR) is 242 cm³/mol. The number of nitrogens with zero attached hydrogens (tertiary/aromatic N) is 3. The lowest BCUT2D eigenvalue weighted by atomic mass is 10.0. The number of sulfone groups is 1. The Morgan fingerprint density at radius 2 is 1.31 bits per heavy atom. The predicted octanol–water partition coefficient (Wildman–Crippen LogP) is 11.0. The number of rotatable bonds is 11. The van der Waals surface area contributed by atoms with Gasteiger partial charge in [0.1, 0.15) is 28.7 Å². The van der Waals surface area contributed by atoms with Gasteiger partial charge in [-0.2, -0.15) is 0 Å². The van der Waals surface area contributed by atoms with Gasteiger partial charge in [-0.05, 0) is 137 Å². The maximum absolute atomic E-state index is 13.5. The number of hydrogen-bond acceptors (Lipinski definition) is 11. The summed E-state index contributed by atoms with van der Waals surface area (Å²) in [4.78, 5) is 37.1. The Kier molecular flexibility index (Phi) is 18.7. The summed E-state index contributed by atoms with van der Waals surface area (Å²) in [7, 11) is -3.48. The van der Waals surface area contributed by atoms with Gasteiger partial charge >= 0.3 is 11.9 Å². The second-order valence-electron chi connectivity index (χ2n) is 15.0. The zero-order valence-electron chi connectivity index (χ0n) is 34.6. The third kappa shape index (κ3) is 17.1. The molecule has 15 heteroatoms. The number of halogens is 3. The minimum Gasteiger partial charge on any atom is -0.460 e. The van der Waals surface area contributed by atoms with Crippen molar-refractivity contribution in [3.8, 4) is 0 Å². The molecule has 0 aliphatic carbocycles. The van der Waals surface area contributed by atoms with Crippen LogP contribution in [0.1, 0.15) is 94.8 Å². The minimum atomic E-state index is -3.48. The summed E-state index contributed by atoms with van der Waals surface area (Å²) in [5, 5.41) is 0. The maximum Gasteiger partial charge on any atom is 0.312 e. The van der Waals surface area contributed by atoms with E-state index in [0.717, 1.165) is 30.2 Å². The van der Waals surface area contributed by atoms with Crippen LogP contribution in [0.2, 0.25) is 0 Å². The highest BCUT2D eigenvalue weighted by Gasteiger charge is 2.21. The van der Waals surface area contributed by atoms with Gasteiger partial charge in [-0.15, -0.1) is 22.7 Å². The zero-order valence-corrected chi connectivity index (χ0v) is 39.2. The van der Waals surface area contributed by atoms with E-state index in [9.17, 15) is 26.8 Å². The molecule has 9 nitrogen and oxygen atoms in total. The van der Waals surface area contributed by atoms with Crippen LogP contribution in [0.4, 0.5) is 8.78 Å². The molecule has 2 heterocycles. The maximum atomic E-state index is 13.5. The second-order valence-corrected chi connectivity index (χ2v) is 20.4. The fourth-order valence-corrected chi connectivity index (χ4v) is 8.30. The van der Waals surface area contributed by atoms with Crippen LogP contribution in [0.25, 0.3) is 5.57 Å². The third-order valence-corrected chi connectivity index (χ3v) is 12.1. The lowest BCUT2D eigenvalue weighted by Crippen LogP contribution is -2.25.